The maximum absolute atomic E-state index is 13.7. The van der Waals surface area contributed by atoms with Gasteiger partial charge in [-0.3, -0.25) is 0 Å². The zero-order chi connectivity index (χ0) is 14.8. The number of hydrogen-bond acceptors (Lipinski definition) is 1. The number of nitrogens with two attached hydrogens (primary N) is 1. The van der Waals surface area contributed by atoms with Crippen LogP contribution in [0.15, 0.2) is 42.5 Å². The lowest BCUT2D eigenvalue weighted by Crippen LogP contribution is -2.15. The Labute approximate surface area is 123 Å². The van der Waals surface area contributed by atoms with Crippen molar-refractivity contribution in [1.29, 1.82) is 0 Å². The van der Waals surface area contributed by atoms with Gasteiger partial charge < -0.3 is 5.73 Å². The first kappa shape index (κ1) is 14.2. The Balaban J connectivity index is 1.72. The van der Waals surface area contributed by atoms with E-state index in [9.17, 15) is 8.78 Å². The minimum absolute atomic E-state index is 0.298. The van der Waals surface area contributed by atoms with Crippen molar-refractivity contribution in [3.8, 4) is 0 Å². The van der Waals surface area contributed by atoms with Gasteiger partial charge in [0.15, 0.2) is 11.6 Å². The third kappa shape index (κ3) is 2.98. The van der Waals surface area contributed by atoms with E-state index in [2.05, 4.69) is 12.1 Å². The van der Waals surface area contributed by atoms with Gasteiger partial charge in [0.1, 0.15) is 0 Å². The summed E-state index contributed by atoms with van der Waals surface area (Å²) in [6, 6.07) is 12.1. The highest BCUT2D eigenvalue weighted by molar-refractivity contribution is 5.30. The summed E-state index contributed by atoms with van der Waals surface area (Å²) in [5.74, 6) is -0.921. The summed E-state index contributed by atoms with van der Waals surface area (Å²) >= 11 is 0. The van der Waals surface area contributed by atoms with Crippen LogP contribution in [0.3, 0.4) is 0 Å². The summed E-state index contributed by atoms with van der Waals surface area (Å²) < 4.78 is 26.9. The second kappa shape index (κ2) is 5.94. The second-order valence-electron chi connectivity index (χ2n) is 5.82. The molecule has 0 bridgehead atoms. The topological polar surface area (TPSA) is 26.0 Å². The number of benzene rings is 2. The van der Waals surface area contributed by atoms with E-state index in [0.717, 1.165) is 11.6 Å². The van der Waals surface area contributed by atoms with Crippen LogP contribution in [-0.4, -0.2) is 0 Å². The Hall–Kier alpha value is -1.74. The average Bonchev–Trinajstić information content (AvgIpc) is 2.43. The highest BCUT2D eigenvalue weighted by atomic mass is 19.2. The molecule has 2 aromatic rings. The zero-order valence-electron chi connectivity index (χ0n) is 11.9. The van der Waals surface area contributed by atoms with Crippen molar-refractivity contribution >= 4 is 0 Å². The van der Waals surface area contributed by atoms with Gasteiger partial charge in [-0.2, -0.15) is 0 Å². The summed E-state index contributed by atoms with van der Waals surface area (Å²) in [7, 11) is 0. The Bertz CT molecular complexity index is 618. The highest BCUT2D eigenvalue weighted by Crippen LogP contribution is 2.36. The smallest absolute Gasteiger partial charge is 0.162 e. The number of rotatable bonds is 4. The van der Waals surface area contributed by atoms with Crippen molar-refractivity contribution in [3.05, 3.63) is 70.8 Å². The normalized spacial score (nSPS) is 16.5. The van der Waals surface area contributed by atoms with Gasteiger partial charge in [0.05, 0.1) is 0 Å². The van der Waals surface area contributed by atoms with E-state index in [1.807, 2.05) is 12.1 Å². The molecule has 21 heavy (non-hydrogen) atoms. The summed E-state index contributed by atoms with van der Waals surface area (Å²) in [6.45, 7) is 0. The van der Waals surface area contributed by atoms with Crippen LogP contribution in [0, 0.1) is 11.6 Å². The third-order valence-corrected chi connectivity index (χ3v) is 4.41. The molecule has 2 aromatic carbocycles. The maximum Gasteiger partial charge on any atom is 0.162 e. The summed E-state index contributed by atoms with van der Waals surface area (Å²) in [4.78, 5) is 0. The number of halogens is 2. The van der Waals surface area contributed by atoms with Crippen LogP contribution in [0.2, 0.25) is 0 Å². The van der Waals surface area contributed by atoms with Crippen LogP contribution in [0.5, 0.6) is 0 Å². The van der Waals surface area contributed by atoms with Gasteiger partial charge in [0.2, 0.25) is 0 Å². The van der Waals surface area contributed by atoms with Crippen LogP contribution in [0.4, 0.5) is 8.78 Å². The van der Waals surface area contributed by atoms with Crippen molar-refractivity contribution in [2.24, 2.45) is 5.73 Å². The van der Waals surface area contributed by atoms with Crippen molar-refractivity contribution in [2.75, 3.05) is 0 Å². The minimum Gasteiger partial charge on any atom is -0.324 e. The van der Waals surface area contributed by atoms with Crippen LogP contribution in [0.25, 0.3) is 0 Å². The average molecular weight is 287 g/mol. The van der Waals surface area contributed by atoms with Gasteiger partial charge in [0.25, 0.3) is 0 Å². The molecule has 2 N–H and O–H groups in total. The molecule has 1 aliphatic rings. The third-order valence-electron chi connectivity index (χ3n) is 4.41. The molecule has 0 aliphatic heterocycles. The molecule has 1 atom stereocenters. The van der Waals surface area contributed by atoms with E-state index >= 15 is 0 Å². The van der Waals surface area contributed by atoms with Crippen LogP contribution < -0.4 is 5.73 Å². The summed E-state index contributed by atoms with van der Waals surface area (Å²) in [5, 5.41) is 0. The first-order valence-electron chi connectivity index (χ1n) is 7.43. The summed E-state index contributed by atoms with van der Waals surface area (Å²) in [5.41, 5.74) is 8.77. The van der Waals surface area contributed by atoms with E-state index in [0.29, 0.717) is 17.9 Å². The maximum atomic E-state index is 13.7. The van der Waals surface area contributed by atoms with E-state index in [4.69, 9.17) is 5.73 Å². The van der Waals surface area contributed by atoms with Gasteiger partial charge in [-0.25, -0.2) is 8.78 Å². The van der Waals surface area contributed by atoms with Crippen LogP contribution in [-0.2, 0) is 6.42 Å². The molecule has 3 rings (SSSR count). The predicted molar refractivity (Wildman–Crippen MR) is 80.0 cm³/mol. The molecule has 1 nitrogen and oxygen atoms in total. The van der Waals surface area contributed by atoms with Gasteiger partial charge >= 0.3 is 0 Å². The lowest BCUT2D eigenvalue weighted by atomic mass is 9.80. The first-order valence-corrected chi connectivity index (χ1v) is 7.43. The van der Waals surface area contributed by atoms with Crippen molar-refractivity contribution < 1.29 is 8.78 Å². The molecular formula is C18H19F2N. The van der Waals surface area contributed by atoms with E-state index in [1.165, 1.54) is 30.9 Å². The molecule has 0 amide bonds. The number of hydrogen-bond donors (Lipinski definition) is 1. The fraction of sp³-hybridized carbons (Fsp3) is 0.333. The first-order chi connectivity index (χ1) is 10.1. The van der Waals surface area contributed by atoms with Gasteiger partial charge in [0, 0.05) is 6.04 Å². The van der Waals surface area contributed by atoms with E-state index in [1.54, 1.807) is 6.07 Å². The Morgan fingerprint density at radius 2 is 1.76 bits per heavy atom. The molecule has 0 aromatic heterocycles. The van der Waals surface area contributed by atoms with Crippen molar-refractivity contribution in [2.45, 2.75) is 37.6 Å². The molecule has 0 spiro atoms. The van der Waals surface area contributed by atoms with Crippen LogP contribution >= 0.6 is 0 Å². The van der Waals surface area contributed by atoms with Crippen molar-refractivity contribution in [1.82, 2.24) is 0 Å². The Morgan fingerprint density at radius 3 is 2.38 bits per heavy atom. The van der Waals surface area contributed by atoms with Gasteiger partial charge in [-0.1, -0.05) is 42.8 Å². The fourth-order valence-corrected chi connectivity index (χ4v) is 2.82. The molecule has 0 heterocycles. The molecule has 1 aliphatic carbocycles. The second-order valence-corrected chi connectivity index (χ2v) is 5.82. The molecule has 1 unspecified atom stereocenters. The van der Waals surface area contributed by atoms with Gasteiger partial charge in [-0.15, -0.1) is 0 Å². The zero-order valence-corrected chi connectivity index (χ0v) is 11.9. The molecule has 0 saturated heterocycles. The summed E-state index contributed by atoms with van der Waals surface area (Å²) in [6.07, 6.45) is 4.14. The van der Waals surface area contributed by atoms with E-state index in [-0.39, 0.29) is 6.04 Å². The molecule has 1 saturated carbocycles. The van der Waals surface area contributed by atoms with E-state index < -0.39 is 11.6 Å². The Kier molecular flexibility index (Phi) is 4.02. The van der Waals surface area contributed by atoms with Crippen LogP contribution in [0.1, 0.15) is 47.9 Å². The largest absolute Gasteiger partial charge is 0.324 e. The quantitative estimate of drug-likeness (QED) is 0.882. The molecular weight excluding hydrogens is 268 g/mol. The minimum atomic E-state index is -0.819. The molecule has 110 valence electrons. The molecule has 3 heteroatoms. The molecule has 0 radical (unpaired) electrons. The van der Waals surface area contributed by atoms with Crippen molar-refractivity contribution in [3.63, 3.8) is 0 Å². The predicted octanol–water partition coefficient (Wildman–Crippen LogP) is 4.47. The van der Waals surface area contributed by atoms with Gasteiger partial charge in [-0.05, 0) is 47.9 Å². The fourth-order valence-electron chi connectivity index (χ4n) is 2.82. The molecule has 1 fully saturated rings. The SMILES string of the molecule is NC(Cc1cccc(F)c1F)c1ccc(C2CCC2)cc1. The highest BCUT2D eigenvalue weighted by Gasteiger charge is 2.19. The lowest BCUT2D eigenvalue weighted by Gasteiger charge is -2.26. The lowest BCUT2D eigenvalue weighted by molar-refractivity contribution is 0.419. The standard InChI is InChI=1S/C18H19F2N/c19-16-6-2-5-15(18(16)20)11-17(21)14-9-7-13(8-10-14)12-3-1-4-12/h2,5-10,12,17H,1,3-4,11,21H2. The Morgan fingerprint density at radius 1 is 1.05 bits per heavy atom. The monoisotopic (exact) mass is 287 g/mol.